The van der Waals surface area contributed by atoms with Crippen LogP contribution in [0.4, 0.5) is 5.69 Å². The highest BCUT2D eigenvalue weighted by molar-refractivity contribution is 6.01. The third-order valence-electron chi connectivity index (χ3n) is 5.23. The number of esters is 1. The van der Waals surface area contributed by atoms with E-state index in [0.717, 1.165) is 12.8 Å². The fourth-order valence-electron chi connectivity index (χ4n) is 3.49. The third kappa shape index (κ3) is 4.80. The molecule has 2 aromatic heterocycles. The van der Waals surface area contributed by atoms with E-state index in [0.29, 0.717) is 12.3 Å². The van der Waals surface area contributed by atoms with E-state index in [2.05, 4.69) is 15.3 Å². The van der Waals surface area contributed by atoms with Gasteiger partial charge in [-0.2, -0.15) is 0 Å². The summed E-state index contributed by atoms with van der Waals surface area (Å²) in [6.45, 7) is 3.41. The first-order chi connectivity index (χ1) is 16.2. The average Bonchev–Trinajstić information content (AvgIpc) is 3.13. The standard InChI is InChI=1S/C22H27N5O7/c1-6-7-8-27-19-18(20(29)25-22(27)31)26(3)17(24-19)11-34-21(30)13-9-15(32-4)16(33-5)10-14(13)23-12(2)28/h9-10H,6-8,11H2,1-5H3,(H,23,28)(H,25,29,31). The number of ether oxygens (including phenoxy) is 3. The molecule has 0 fully saturated rings. The van der Waals surface area contributed by atoms with Gasteiger partial charge in [0, 0.05) is 32.6 Å². The molecule has 0 unspecified atom stereocenters. The van der Waals surface area contributed by atoms with Crippen molar-refractivity contribution in [2.75, 3.05) is 19.5 Å². The Kier molecular flexibility index (Phi) is 7.39. The first-order valence-corrected chi connectivity index (χ1v) is 10.6. The van der Waals surface area contributed by atoms with Crippen molar-refractivity contribution in [3.63, 3.8) is 0 Å². The Balaban J connectivity index is 1.96. The number of carbonyl (C=O) groups excluding carboxylic acids is 2. The largest absolute Gasteiger partial charge is 0.493 e. The highest BCUT2D eigenvalue weighted by Crippen LogP contribution is 2.34. The minimum absolute atomic E-state index is 0.0457. The number of amides is 1. The van der Waals surface area contributed by atoms with Crippen LogP contribution in [0.3, 0.4) is 0 Å². The van der Waals surface area contributed by atoms with E-state index in [1.165, 1.54) is 42.4 Å². The summed E-state index contributed by atoms with van der Waals surface area (Å²) < 4.78 is 18.8. The molecule has 12 nitrogen and oxygen atoms in total. The van der Waals surface area contributed by atoms with Gasteiger partial charge in [0.15, 0.2) is 22.7 Å². The molecule has 3 aromatic rings. The van der Waals surface area contributed by atoms with Gasteiger partial charge in [-0.3, -0.25) is 19.1 Å². The predicted molar refractivity (Wildman–Crippen MR) is 123 cm³/mol. The van der Waals surface area contributed by atoms with Crippen LogP contribution < -0.4 is 26.0 Å². The van der Waals surface area contributed by atoms with E-state index in [1.807, 2.05) is 6.92 Å². The first-order valence-electron chi connectivity index (χ1n) is 10.6. The molecule has 1 aromatic carbocycles. The van der Waals surface area contributed by atoms with E-state index >= 15 is 0 Å². The molecule has 0 bridgehead atoms. The Labute approximate surface area is 194 Å². The summed E-state index contributed by atoms with van der Waals surface area (Å²) in [5.74, 6) is -0.277. The fourth-order valence-corrected chi connectivity index (χ4v) is 3.49. The molecule has 34 heavy (non-hydrogen) atoms. The number of aryl methyl sites for hydroxylation is 2. The number of rotatable bonds is 9. The Hall–Kier alpha value is -4.09. The van der Waals surface area contributed by atoms with Gasteiger partial charge in [0.25, 0.3) is 5.56 Å². The molecule has 0 spiro atoms. The van der Waals surface area contributed by atoms with E-state index < -0.39 is 17.2 Å². The van der Waals surface area contributed by atoms with Crippen LogP contribution in [0.15, 0.2) is 21.7 Å². The lowest BCUT2D eigenvalue weighted by Crippen LogP contribution is -2.31. The summed E-state index contributed by atoms with van der Waals surface area (Å²) in [6, 6.07) is 2.85. The van der Waals surface area contributed by atoms with Gasteiger partial charge in [0.05, 0.1) is 25.5 Å². The van der Waals surface area contributed by atoms with Gasteiger partial charge >= 0.3 is 11.7 Å². The molecule has 2 heterocycles. The molecule has 0 saturated carbocycles. The Bertz CT molecular complexity index is 1350. The highest BCUT2D eigenvalue weighted by atomic mass is 16.5. The molecule has 0 radical (unpaired) electrons. The molecule has 12 heteroatoms. The van der Waals surface area contributed by atoms with E-state index in [-0.39, 0.29) is 46.5 Å². The quantitative estimate of drug-likeness (QED) is 0.445. The zero-order chi connectivity index (χ0) is 25.0. The van der Waals surface area contributed by atoms with Crippen molar-refractivity contribution in [3.05, 3.63) is 44.4 Å². The SMILES string of the molecule is CCCCn1c(=O)[nH]c(=O)c2c1nc(COC(=O)c1cc(OC)c(OC)cc1NC(C)=O)n2C. The van der Waals surface area contributed by atoms with E-state index in [1.54, 1.807) is 7.05 Å². The van der Waals surface area contributed by atoms with Crippen LogP contribution in [0.5, 0.6) is 11.5 Å². The van der Waals surface area contributed by atoms with Crippen LogP contribution >= 0.6 is 0 Å². The third-order valence-corrected chi connectivity index (χ3v) is 5.23. The number of benzene rings is 1. The Morgan fingerprint density at radius 3 is 2.44 bits per heavy atom. The average molecular weight is 473 g/mol. The van der Waals surface area contributed by atoms with Gasteiger partial charge in [-0.15, -0.1) is 0 Å². The summed E-state index contributed by atoms with van der Waals surface area (Å²) in [5, 5.41) is 2.57. The van der Waals surface area contributed by atoms with Crippen molar-refractivity contribution in [1.29, 1.82) is 0 Å². The number of aromatic nitrogens is 4. The van der Waals surface area contributed by atoms with Crippen molar-refractivity contribution in [1.82, 2.24) is 19.1 Å². The van der Waals surface area contributed by atoms with Crippen LogP contribution in [0.2, 0.25) is 0 Å². The number of fused-ring (bicyclic) bond motifs is 1. The summed E-state index contributed by atoms with van der Waals surface area (Å²) in [4.78, 5) is 55.9. The molecule has 0 saturated heterocycles. The summed E-state index contributed by atoms with van der Waals surface area (Å²) in [6.07, 6.45) is 1.58. The number of hydrogen-bond donors (Lipinski definition) is 2. The number of unbranched alkanes of at least 4 members (excludes halogenated alkanes) is 1. The number of anilines is 1. The van der Waals surface area contributed by atoms with Crippen molar-refractivity contribution < 1.29 is 23.8 Å². The van der Waals surface area contributed by atoms with Gasteiger partial charge in [0.2, 0.25) is 5.91 Å². The molecule has 182 valence electrons. The Morgan fingerprint density at radius 2 is 1.82 bits per heavy atom. The van der Waals surface area contributed by atoms with Crippen LogP contribution in [-0.4, -0.2) is 45.2 Å². The topological polar surface area (TPSA) is 147 Å². The Morgan fingerprint density at radius 1 is 1.15 bits per heavy atom. The fraction of sp³-hybridized carbons (Fsp3) is 0.409. The maximum atomic E-state index is 12.9. The lowest BCUT2D eigenvalue weighted by Gasteiger charge is -2.14. The molecule has 1 amide bonds. The van der Waals surface area contributed by atoms with Gasteiger partial charge in [0.1, 0.15) is 12.4 Å². The molecule has 3 rings (SSSR count). The lowest BCUT2D eigenvalue weighted by atomic mass is 10.1. The number of nitrogens with zero attached hydrogens (tertiary/aromatic N) is 3. The van der Waals surface area contributed by atoms with Crippen molar-refractivity contribution >= 4 is 28.7 Å². The second-order valence-corrected chi connectivity index (χ2v) is 7.53. The van der Waals surface area contributed by atoms with Gasteiger partial charge < -0.3 is 24.1 Å². The number of nitrogens with one attached hydrogen (secondary N) is 2. The maximum Gasteiger partial charge on any atom is 0.340 e. The van der Waals surface area contributed by atoms with Crippen LogP contribution in [0.1, 0.15) is 42.9 Å². The van der Waals surface area contributed by atoms with Crippen molar-refractivity contribution in [2.24, 2.45) is 7.05 Å². The zero-order valence-corrected chi connectivity index (χ0v) is 19.7. The first kappa shape index (κ1) is 24.6. The minimum atomic E-state index is -0.756. The lowest BCUT2D eigenvalue weighted by molar-refractivity contribution is -0.114. The summed E-state index contributed by atoms with van der Waals surface area (Å²) in [5.41, 5.74) is -0.465. The van der Waals surface area contributed by atoms with E-state index in [9.17, 15) is 19.2 Å². The molecule has 0 aliphatic carbocycles. The summed E-state index contributed by atoms with van der Waals surface area (Å²) in [7, 11) is 4.45. The molecular formula is C22H27N5O7. The zero-order valence-electron chi connectivity index (χ0n) is 19.7. The number of carbonyl (C=O) groups is 2. The number of H-pyrrole nitrogens is 1. The van der Waals surface area contributed by atoms with Gasteiger partial charge in [-0.05, 0) is 6.42 Å². The van der Waals surface area contributed by atoms with Crippen LogP contribution in [0, 0.1) is 0 Å². The molecule has 0 aliphatic heterocycles. The number of imidazole rings is 1. The molecule has 2 N–H and O–H groups in total. The van der Waals surface area contributed by atoms with Crippen molar-refractivity contribution in [2.45, 2.75) is 39.8 Å². The van der Waals surface area contributed by atoms with Crippen LogP contribution in [0.25, 0.3) is 11.2 Å². The second-order valence-electron chi connectivity index (χ2n) is 7.53. The van der Waals surface area contributed by atoms with Gasteiger partial charge in [-0.25, -0.2) is 14.6 Å². The van der Waals surface area contributed by atoms with E-state index in [4.69, 9.17) is 14.2 Å². The van der Waals surface area contributed by atoms with Crippen molar-refractivity contribution in [3.8, 4) is 11.5 Å². The molecule has 0 atom stereocenters. The predicted octanol–water partition coefficient (Wildman–Crippen LogP) is 1.56. The number of hydrogen-bond acceptors (Lipinski definition) is 8. The second kappa shape index (κ2) is 10.2. The highest BCUT2D eigenvalue weighted by Gasteiger charge is 2.21. The molecular weight excluding hydrogens is 446 g/mol. The molecule has 0 aliphatic rings. The minimum Gasteiger partial charge on any atom is -0.493 e. The van der Waals surface area contributed by atoms with Crippen LogP contribution in [-0.2, 0) is 29.7 Å². The number of methoxy groups -OCH3 is 2. The maximum absolute atomic E-state index is 12.9. The smallest absolute Gasteiger partial charge is 0.340 e. The monoisotopic (exact) mass is 473 g/mol. The summed E-state index contributed by atoms with van der Waals surface area (Å²) >= 11 is 0. The normalized spacial score (nSPS) is 10.9. The number of aromatic amines is 1. The van der Waals surface area contributed by atoms with Gasteiger partial charge in [-0.1, -0.05) is 13.3 Å².